The summed E-state index contributed by atoms with van der Waals surface area (Å²) in [6.45, 7) is 2.02. The molecular weight excluding hydrogens is 238 g/mol. The summed E-state index contributed by atoms with van der Waals surface area (Å²) in [5.74, 6) is 0. The quantitative estimate of drug-likeness (QED) is 0.819. The van der Waals surface area contributed by atoms with Gasteiger partial charge in [0.15, 0.2) is 0 Å². The lowest BCUT2D eigenvalue weighted by atomic mass is 9.96. The molecule has 0 spiro atoms. The van der Waals surface area contributed by atoms with E-state index in [1.807, 2.05) is 0 Å². The molecular formula is C15H27N3O. The largest absolute Gasteiger partial charge is 0.335 e. The Morgan fingerprint density at radius 1 is 1.05 bits per heavy atom. The van der Waals surface area contributed by atoms with E-state index in [0.717, 1.165) is 13.1 Å². The van der Waals surface area contributed by atoms with Crippen LogP contribution in [0, 0.1) is 0 Å². The molecule has 1 atom stereocenters. The average Bonchev–Trinajstić information content (AvgIpc) is 3.14. The lowest BCUT2D eigenvalue weighted by Crippen LogP contribution is -2.50. The smallest absolute Gasteiger partial charge is 0.317 e. The van der Waals surface area contributed by atoms with Gasteiger partial charge in [-0.3, -0.25) is 0 Å². The SMILES string of the molecule is O=C(NC1CCCCC1)N(CC1CCCN1)C1CC1. The van der Waals surface area contributed by atoms with Crippen molar-refractivity contribution >= 4 is 6.03 Å². The molecule has 0 radical (unpaired) electrons. The summed E-state index contributed by atoms with van der Waals surface area (Å²) in [7, 11) is 0. The molecule has 0 aromatic heterocycles. The topological polar surface area (TPSA) is 44.4 Å². The number of hydrogen-bond acceptors (Lipinski definition) is 2. The van der Waals surface area contributed by atoms with Crippen molar-refractivity contribution in [1.82, 2.24) is 15.5 Å². The van der Waals surface area contributed by atoms with Gasteiger partial charge in [-0.05, 0) is 45.1 Å². The van der Waals surface area contributed by atoms with Gasteiger partial charge in [-0.2, -0.15) is 0 Å². The second-order valence-electron chi connectivity index (χ2n) is 6.46. The predicted molar refractivity (Wildman–Crippen MR) is 76.2 cm³/mol. The monoisotopic (exact) mass is 265 g/mol. The van der Waals surface area contributed by atoms with Crippen LogP contribution in [0.2, 0.25) is 0 Å². The van der Waals surface area contributed by atoms with Crippen LogP contribution in [0.15, 0.2) is 0 Å². The van der Waals surface area contributed by atoms with E-state index in [4.69, 9.17) is 0 Å². The predicted octanol–water partition coefficient (Wildman–Crippen LogP) is 2.25. The summed E-state index contributed by atoms with van der Waals surface area (Å²) < 4.78 is 0. The van der Waals surface area contributed by atoms with Gasteiger partial charge in [0, 0.05) is 24.7 Å². The highest BCUT2D eigenvalue weighted by Gasteiger charge is 2.35. The van der Waals surface area contributed by atoms with Gasteiger partial charge in [0.25, 0.3) is 0 Å². The molecule has 0 aromatic rings. The Morgan fingerprint density at radius 2 is 1.84 bits per heavy atom. The molecule has 1 aliphatic heterocycles. The molecule has 108 valence electrons. The van der Waals surface area contributed by atoms with Gasteiger partial charge >= 0.3 is 6.03 Å². The minimum Gasteiger partial charge on any atom is -0.335 e. The maximum absolute atomic E-state index is 12.5. The summed E-state index contributed by atoms with van der Waals surface area (Å²) in [5, 5.41) is 6.78. The Hall–Kier alpha value is -0.770. The third-order valence-corrected chi connectivity index (χ3v) is 4.76. The zero-order valence-electron chi connectivity index (χ0n) is 11.9. The molecule has 2 N–H and O–H groups in total. The van der Waals surface area contributed by atoms with Crippen molar-refractivity contribution in [2.75, 3.05) is 13.1 Å². The molecule has 4 nitrogen and oxygen atoms in total. The molecule has 2 aliphatic carbocycles. The van der Waals surface area contributed by atoms with Gasteiger partial charge in [-0.25, -0.2) is 4.79 Å². The van der Waals surface area contributed by atoms with Crippen LogP contribution in [-0.2, 0) is 0 Å². The number of amides is 2. The van der Waals surface area contributed by atoms with Gasteiger partial charge in [0.05, 0.1) is 0 Å². The van der Waals surface area contributed by atoms with Crippen molar-refractivity contribution in [1.29, 1.82) is 0 Å². The third kappa shape index (κ3) is 3.62. The number of carbonyl (C=O) groups is 1. The Bertz CT molecular complexity index is 305. The fourth-order valence-electron chi connectivity index (χ4n) is 3.44. The standard InChI is InChI=1S/C15H27N3O/c19-15(17-12-5-2-1-3-6-12)18(14-8-9-14)11-13-7-4-10-16-13/h12-14,16H,1-11H2,(H,17,19). The fourth-order valence-corrected chi connectivity index (χ4v) is 3.44. The number of nitrogens with one attached hydrogen (secondary N) is 2. The molecule has 1 heterocycles. The van der Waals surface area contributed by atoms with Crippen molar-refractivity contribution in [2.24, 2.45) is 0 Å². The van der Waals surface area contributed by atoms with Crippen LogP contribution in [-0.4, -0.2) is 42.1 Å². The van der Waals surface area contributed by atoms with Crippen molar-refractivity contribution in [3.8, 4) is 0 Å². The first-order valence-electron chi connectivity index (χ1n) is 8.13. The molecule has 3 rings (SSSR count). The highest BCUT2D eigenvalue weighted by Crippen LogP contribution is 2.28. The van der Waals surface area contributed by atoms with E-state index < -0.39 is 0 Å². The maximum atomic E-state index is 12.5. The van der Waals surface area contributed by atoms with Gasteiger partial charge < -0.3 is 15.5 Å². The van der Waals surface area contributed by atoms with Gasteiger partial charge in [-0.15, -0.1) is 0 Å². The Balaban J connectivity index is 1.51. The number of carbonyl (C=O) groups excluding carboxylic acids is 1. The zero-order chi connectivity index (χ0) is 13.1. The molecule has 2 amide bonds. The number of rotatable bonds is 4. The van der Waals surface area contributed by atoms with Crippen LogP contribution < -0.4 is 10.6 Å². The van der Waals surface area contributed by atoms with E-state index in [-0.39, 0.29) is 6.03 Å². The molecule has 19 heavy (non-hydrogen) atoms. The second kappa shape index (κ2) is 6.12. The number of hydrogen-bond donors (Lipinski definition) is 2. The minimum absolute atomic E-state index is 0.197. The molecule has 3 fully saturated rings. The first-order chi connectivity index (χ1) is 9.33. The summed E-state index contributed by atoms with van der Waals surface area (Å²) >= 11 is 0. The van der Waals surface area contributed by atoms with Crippen LogP contribution in [0.1, 0.15) is 57.8 Å². The Morgan fingerprint density at radius 3 is 2.47 bits per heavy atom. The van der Waals surface area contributed by atoms with Crippen LogP contribution in [0.4, 0.5) is 4.79 Å². The van der Waals surface area contributed by atoms with Gasteiger partial charge in [-0.1, -0.05) is 19.3 Å². The Labute approximate surface area is 116 Å². The minimum atomic E-state index is 0.197. The van der Waals surface area contributed by atoms with Crippen molar-refractivity contribution in [2.45, 2.75) is 75.9 Å². The first kappa shape index (κ1) is 13.2. The summed E-state index contributed by atoms with van der Waals surface area (Å²) in [4.78, 5) is 14.6. The zero-order valence-corrected chi connectivity index (χ0v) is 11.9. The van der Waals surface area contributed by atoms with Crippen molar-refractivity contribution in [3.05, 3.63) is 0 Å². The number of nitrogens with zero attached hydrogens (tertiary/aromatic N) is 1. The first-order valence-corrected chi connectivity index (χ1v) is 8.13. The summed E-state index contributed by atoms with van der Waals surface area (Å²) in [6, 6.07) is 1.67. The fraction of sp³-hybridized carbons (Fsp3) is 0.933. The van der Waals surface area contributed by atoms with Gasteiger partial charge in [0.2, 0.25) is 0 Å². The molecule has 1 saturated heterocycles. The molecule has 0 aromatic carbocycles. The molecule has 2 saturated carbocycles. The van der Waals surface area contributed by atoms with Crippen LogP contribution in [0.25, 0.3) is 0 Å². The Kier molecular flexibility index (Phi) is 4.26. The van der Waals surface area contributed by atoms with Crippen molar-refractivity contribution < 1.29 is 4.79 Å². The average molecular weight is 265 g/mol. The van der Waals surface area contributed by atoms with E-state index in [2.05, 4.69) is 15.5 Å². The third-order valence-electron chi connectivity index (χ3n) is 4.76. The van der Waals surface area contributed by atoms with Gasteiger partial charge in [0.1, 0.15) is 0 Å². The molecule has 3 aliphatic rings. The maximum Gasteiger partial charge on any atom is 0.317 e. The second-order valence-corrected chi connectivity index (χ2v) is 6.46. The van der Waals surface area contributed by atoms with Crippen molar-refractivity contribution in [3.63, 3.8) is 0 Å². The molecule has 1 unspecified atom stereocenters. The van der Waals surface area contributed by atoms with E-state index in [1.165, 1.54) is 57.8 Å². The lowest BCUT2D eigenvalue weighted by molar-refractivity contribution is 0.181. The molecule has 0 bridgehead atoms. The number of urea groups is 1. The highest BCUT2D eigenvalue weighted by atomic mass is 16.2. The van der Waals surface area contributed by atoms with E-state index >= 15 is 0 Å². The van der Waals surface area contributed by atoms with Crippen LogP contribution in [0.5, 0.6) is 0 Å². The molecule has 4 heteroatoms. The summed E-state index contributed by atoms with van der Waals surface area (Å²) in [6.07, 6.45) is 11.1. The van der Waals surface area contributed by atoms with E-state index in [9.17, 15) is 4.79 Å². The van der Waals surface area contributed by atoms with Crippen LogP contribution >= 0.6 is 0 Å². The summed E-state index contributed by atoms with van der Waals surface area (Å²) in [5.41, 5.74) is 0. The van der Waals surface area contributed by atoms with Crippen LogP contribution in [0.3, 0.4) is 0 Å². The van der Waals surface area contributed by atoms with E-state index in [1.54, 1.807) is 0 Å². The normalized spacial score (nSPS) is 28.3. The highest BCUT2D eigenvalue weighted by molar-refractivity contribution is 5.75. The van der Waals surface area contributed by atoms with E-state index in [0.29, 0.717) is 18.1 Å². The lowest BCUT2D eigenvalue weighted by Gasteiger charge is -2.30.